The van der Waals surface area contributed by atoms with Crippen molar-refractivity contribution in [1.29, 1.82) is 0 Å². The molecule has 0 aliphatic carbocycles. The van der Waals surface area contributed by atoms with E-state index in [1.807, 2.05) is 0 Å². The first kappa shape index (κ1) is 28.7. The molecule has 2 heteroatoms. The number of halogens is 2. The van der Waals surface area contributed by atoms with Gasteiger partial charge >= 0.3 is 0 Å². The average Bonchev–Trinajstić information content (AvgIpc) is 2.54. The fourth-order valence-corrected chi connectivity index (χ4v) is 3.33. The smallest absolute Gasteiger partial charge is 0.0533 e. The van der Waals surface area contributed by atoms with Crippen LogP contribution in [0, 0.1) is 0 Å². The van der Waals surface area contributed by atoms with Gasteiger partial charge in [-0.15, -0.1) is 0 Å². The Balaban J connectivity index is -0.00000220. The van der Waals surface area contributed by atoms with Crippen LogP contribution in [-0.4, -0.2) is 0 Å². The van der Waals surface area contributed by atoms with E-state index in [0.29, 0.717) is 0 Å². The molecule has 0 aromatic rings. The van der Waals surface area contributed by atoms with Crippen LogP contribution in [0.2, 0.25) is 0 Å². The van der Waals surface area contributed by atoms with E-state index < -0.39 is 0 Å². The van der Waals surface area contributed by atoms with Crippen LogP contribution in [0.15, 0.2) is 0 Å². The summed E-state index contributed by atoms with van der Waals surface area (Å²) in [5, 5.41) is 0. The molecule has 0 fully saturated rings. The highest BCUT2D eigenvalue weighted by molar-refractivity contribution is 4.50. The molecule has 0 radical (unpaired) electrons. The lowest BCUT2D eigenvalue weighted by atomic mass is 10.0. The van der Waals surface area contributed by atoms with Crippen LogP contribution in [0.3, 0.4) is 0 Å². The molecule has 150 valence electrons. The normalized spacial score (nSPS) is 10.2. The van der Waals surface area contributed by atoms with E-state index in [9.17, 15) is 0 Å². The third-order valence-electron chi connectivity index (χ3n) is 4.96. The Morgan fingerprint density at radius 3 is 0.500 bits per heavy atom. The maximum Gasteiger partial charge on any atom is -0.0533 e. The minimum absolute atomic E-state index is 0. The molecule has 0 atom stereocenters. The van der Waals surface area contributed by atoms with Gasteiger partial charge in [0.2, 0.25) is 0 Å². The van der Waals surface area contributed by atoms with E-state index >= 15 is 0 Å². The van der Waals surface area contributed by atoms with Crippen molar-refractivity contribution < 1.29 is 9.41 Å². The number of rotatable bonds is 19. The molecule has 0 aromatic heterocycles. The highest BCUT2D eigenvalue weighted by atomic mass is 19.0. The molecule has 0 aromatic carbocycles. The molecular weight excluding hydrogens is 302 g/mol. The molecule has 24 heavy (non-hydrogen) atoms. The SMILES string of the molecule is CCCCCCCCCCCCCCCCCCCCCC.F.F. The quantitative estimate of drug-likeness (QED) is 0.204. The predicted molar refractivity (Wildman–Crippen MR) is 109 cm³/mol. The van der Waals surface area contributed by atoms with Crippen molar-refractivity contribution in [3.05, 3.63) is 0 Å². The summed E-state index contributed by atoms with van der Waals surface area (Å²) in [5.74, 6) is 0. The maximum absolute atomic E-state index is 2.30. The van der Waals surface area contributed by atoms with Crippen molar-refractivity contribution in [1.82, 2.24) is 0 Å². The molecule has 0 N–H and O–H groups in total. The van der Waals surface area contributed by atoms with Gasteiger partial charge in [-0.2, -0.15) is 0 Å². The molecule has 0 nitrogen and oxygen atoms in total. The zero-order chi connectivity index (χ0) is 16.1. The van der Waals surface area contributed by atoms with Gasteiger partial charge in [-0.05, 0) is 0 Å². The zero-order valence-electron chi connectivity index (χ0n) is 17.0. The Morgan fingerprint density at radius 2 is 0.375 bits per heavy atom. The van der Waals surface area contributed by atoms with Crippen molar-refractivity contribution in [3.63, 3.8) is 0 Å². The second-order valence-electron chi connectivity index (χ2n) is 7.36. The molecule has 0 heterocycles. The standard InChI is InChI=1S/C22H46.2FH/c1-3-5-7-9-11-13-15-17-19-21-22-20-18-16-14-12-10-8-6-4-2;;/h3-22H2,1-2H3;2*1H. The molecule has 0 unspecified atom stereocenters. The van der Waals surface area contributed by atoms with Crippen molar-refractivity contribution in [2.24, 2.45) is 0 Å². The first-order valence-corrected chi connectivity index (χ1v) is 10.9. The Hall–Kier alpha value is -0.140. The van der Waals surface area contributed by atoms with Crippen LogP contribution in [0.1, 0.15) is 142 Å². The minimum Gasteiger partial charge on any atom is -0.269 e. The summed E-state index contributed by atoms with van der Waals surface area (Å²) < 4.78 is 0. The van der Waals surface area contributed by atoms with E-state index in [4.69, 9.17) is 0 Å². The van der Waals surface area contributed by atoms with Gasteiger partial charge in [-0.3, -0.25) is 9.41 Å². The molecule has 0 aliphatic rings. The van der Waals surface area contributed by atoms with Gasteiger partial charge in [0, 0.05) is 0 Å². The van der Waals surface area contributed by atoms with Crippen LogP contribution < -0.4 is 0 Å². The van der Waals surface area contributed by atoms with Crippen LogP contribution in [0.25, 0.3) is 0 Å². The highest BCUT2D eigenvalue weighted by Crippen LogP contribution is 2.14. The molecule has 0 rings (SSSR count). The summed E-state index contributed by atoms with van der Waals surface area (Å²) in [4.78, 5) is 0. The van der Waals surface area contributed by atoms with Crippen LogP contribution in [0.4, 0.5) is 9.41 Å². The van der Waals surface area contributed by atoms with E-state index in [1.165, 1.54) is 128 Å². The van der Waals surface area contributed by atoms with Gasteiger partial charge in [0.05, 0.1) is 0 Å². The minimum atomic E-state index is 0. The van der Waals surface area contributed by atoms with E-state index in [0.717, 1.165) is 0 Å². The Kier molecular flexibility index (Phi) is 33.1. The Bertz CT molecular complexity index is 163. The first-order chi connectivity index (χ1) is 10.9. The fraction of sp³-hybridized carbons (Fsp3) is 1.00. The largest absolute Gasteiger partial charge is 0.269 e. The predicted octanol–water partition coefficient (Wildman–Crippen LogP) is 9.13. The average molecular weight is 351 g/mol. The maximum atomic E-state index is 2.30. The van der Waals surface area contributed by atoms with Crippen molar-refractivity contribution in [2.45, 2.75) is 142 Å². The molecule has 0 spiro atoms. The summed E-state index contributed by atoms with van der Waals surface area (Å²) in [5.41, 5.74) is 0. The van der Waals surface area contributed by atoms with Crippen molar-refractivity contribution >= 4 is 0 Å². The third-order valence-corrected chi connectivity index (χ3v) is 4.96. The van der Waals surface area contributed by atoms with E-state index in [1.54, 1.807) is 0 Å². The van der Waals surface area contributed by atoms with Gasteiger partial charge in [0.1, 0.15) is 0 Å². The van der Waals surface area contributed by atoms with E-state index in [2.05, 4.69) is 13.8 Å². The molecule has 0 saturated heterocycles. The monoisotopic (exact) mass is 350 g/mol. The number of hydrogen-bond donors (Lipinski definition) is 0. The summed E-state index contributed by atoms with van der Waals surface area (Å²) in [6.45, 7) is 4.60. The lowest BCUT2D eigenvalue weighted by Crippen LogP contribution is -1.84. The molecular formula is C22H48F2. The summed E-state index contributed by atoms with van der Waals surface area (Å²) in [7, 11) is 0. The lowest BCUT2D eigenvalue weighted by Gasteiger charge is -2.03. The second-order valence-corrected chi connectivity index (χ2v) is 7.36. The Labute approximate surface area is 152 Å². The molecule has 0 saturated carbocycles. The lowest BCUT2D eigenvalue weighted by molar-refractivity contribution is 0.523. The topological polar surface area (TPSA) is 0 Å². The van der Waals surface area contributed by atoms with Crippen LogP contribution in [0.5, 0.6) is 0 Å². The zero-order valence-corrected chi connectivity index (χ0v) is 17.0. The fourth-order valence-electron chi connectivity index (χ4n) is 3.33. The van der Waals surface area contributed by atoms with Crippen molar-refractivity contribution in [2.75, 3.05) is 0 Å². The number of hydrogen-bond acceptors (Lipinski definition) is 0. The molecule has 0 amide bonds. The summed E-state index contributed by atoms with van der Waals surface area (Å²) in [6.07, 6.45) is 29.4. The van der Waals surface area contributed by atoms with Gasteiger partial charge in [0.25, 0.3) is 0 Å². The first-order valence-electron chi connectivity index (χ1n) is 10.9. The molecule has 0 bridgehead atoms. The highest BCUT2D eigenvalue weighted by Gasteiger charge is 1.94. The van der Waals surface area contributed by atoms with Crippen LogP contribution >= 0.6 is 0 Å². The van der Waals surface area contributed by atoms with Gasteiger partial charge < -0.3 is 0 Å². The molecule has 0 aliphatic heterocycles. The summed E-state index contributed by atoms with van der Waals surface area (Å²) >= 11 is 0. The summed E-state index contributed by atoms with van der Waals surface area (Å²) in [6, 6.07) is 0. The number of unbranched alkanes of at least 4 members (excludes halogenated alkanes) is 19. The van der Waals surface area contributed by atoms with Crippen LogP contribution in [-0.2, 0) is 0 Å². The van der Waals surface area contributed by atoms with Gasteiger partial charge in [0.15, 0.2) is 0 Å². The van der Waals surface area contributed by atoms with E-state index in [-0.39, 0.29) is 9.41 Å². The third kappa shape index (κ3) is 26.7. The van der Waals surface area contributed by atoms with Gasteiger partial charge in [-0.25, -0.2) is 0 Å². The second kappa shape index (κ2) is 27.7. The van der Waals surface area contributed by atoms with Gasteiger partial charge in [-0.1, -0.05) is 142 Å². The Morgan fingerprint density at radius 1 is 0.250 bits per heavy atom. The van der Waals surface area contributed by atoms with Crippen molar-refractivity contribution in [3.8, 4) is 0 Å².